The molecule has 0 aromatic carbocycles. The second-order valence-corrected chi connectivity index (χ2v) is 3.16. The molecule has 0 bridgehead atoms. The molecule has 0 saturated heterocycles. The summed E-state index contributed by atoms with van der Waals surface area (Å²) in [6.45, 7) is 0. The topological polar surface area (TPSA) is 42.3 Å². The Hall–Kier alpha value is -2.03. The van der Waals surface area contributed by atoms with Crippen LogP contribution in [0, 0.1) is 0 Å². The number of carbonyl (C=O) groups is 1. The minimum Gasteiger partial charge on any atom is -0.267 e. The number of dihydropyridines is 1. The summed E-state index contributed by atoms with van der Waals surface area (Å²) in [5.41, 5.74) is 3.41. The smallest absolute Gasteiger partial charge is 0.267 e. The van der Waals surface area contributed by atoms with Crippen LogP contribution in [0.15, 0.2) is 35.0 Å². The summed E-state index contributed by atoms with van der Waals surface area (Å²) < 4.78 is 0. The third kappa shape index (κ3) is 0.836. The van der Waals surface area contributed by atoms with Crippen molar-refractivity contribution in [2.45, 2.75) is 0 Å². The van der Waals surface area contributed by atoms with E-state index in [4.69, 9.17) is 0 Å². The van der Waals surface area contributed by atoms with E-state index < -0.39 is 0 Å². The molecular weight excluding hydrogens is 176 g/mol. The Morgan fingerprint density at radius 1 is 1.21 bits per heavy atom. The van der Waals surface area contributed by atoms with Gasteiger partial charge >= 0.3 is 0 Å². The van der Waals surface area contributed by atoms with Gasteiger partial charge in [0.05, 0.1) is 11.3 Å². The van der Waals surface area contributed by atoms with Crippen molar-refractivity contribution in [1.82, 2.24) is 4.98 Å². The Kier molecular flexibility index (Phi) is 1.31. The first kappa shape index (κ1) is 7.38. The zero-order valence-electron chi connectivity index (χ0n) is 7.27. The van der Waals surface area contributed by atoms with Crippen molar-refractivity contribution < 1.29 is 4.79 Å². The number of carbonyl (C=O) groups excluding carboxylic acids is 1. The van der Waals surface area contributed by atoms with Crippen molar-refractivity contribution in [3.63, 3.8) is 0 Å². The lowest BCUT2D eigenvalue weighted by Gasteiger charge is -2.04. The largest absolute Gasteiger partial charge is 0.277 e. The number of fused-ring (bicyclic) bond motifs is 3. The molecule has 2 aliphatic rings. The van der Waals surface area contributed by atoms with Gasteiger partial charge in [0.1, 0.15) is 0 Å². The SMILES string of the molecule is O=C1N=CC=C2C1=Cc1cccnc12. The van der Waals surface area contributed by atoms with Gasteiger partial charge in [0.2, 0.25) is 0 Å². The highest BCUT2D eigenvalue weighted by atomic mass is 16.1. The predicted octanol–water partition coefficient (Wildman–Crippen LogP) is 1.47. The molecule has 0 radical (unpaired) electrons. The van der Waals surface area contributed by atoms with Crippen LogP contribution in [0.3, 0.4) is 0 Å². The van der Waals surface area contributed by atoms with E-state index in [9.17, 15) is 4.79 Å². The van der Waals surface area contributed by atoms with Gasteiger partial charge in [-0.1, -0.05) is 6.07 Å². The molecule has 0 spiro atoms. The van der Waals surface area contributed by atoms with Gasteiger partial charge in [-0.3, -0.25) is 9.78 Å². The zero-order valence-corrected chi connectivity index (χ0v) is 7.27. The Bertz CT molecular complexity index is 524. The summed E-state index contributed by atoms with van der Waals surface area (Å²) in [6, 6.07) is 3.81. The second-order valence-electron chi connectivity index (χ2n) is 3.16. The molecule has 1 amide bonds. The maximum absolute atomic E-state index is 11.4. The Morgan fingerprint density at radius 3 is 3.07 bits per heavy atom. The predicted molar refractivity (Wildman–Crippen MR) is 53.7 cm³/mol. The van der Waals surface area contributed by atoms with Gasteiger partial charge in [0, 0.05) is 23.5 Å². The van der Waals surface area contributed by atoms with Crippen molar-refractivity contribution in [2.75, 3.05) is 0 Å². The van der Waals surface area contributed by atoms with Crippen molar-refractivity contribution in [3.8, 4) is 0 Å². The summed E-state index contributed by atoms with van der Waals surface area (Å²) in [5.74, 6) is -0.180. The lowest BCUT2D eigenvalue weighted by molar-refractivity contribution is -0.113. The van der Waals surface area contributed by atoms with Crippen LogP contribution in [0.5, 0.6) is 0 Å². The third-order valence-electron chi connectivity index (χ3n) is 2.35. The van der Waals surface area contributed by atoms with Crippen LogP contribution < -0.4 is 0 Å². The first-order valence-electron chi connectivity index (χ1n) is 4.32. The molecule has 0 saturated carbocycles. The fraction of sp³-hybridized carbons (Fsp3) is 0. The molecule has 0 fully saturated rings. The normalized spacial score (nSPS) is 17.3. The van der Waals surface area contributed by atoms with E-state index in [-0.39, 0.29) is 5.91 Å². The summed E-state index contributed by atoms with van der Waals surface area (Å²) in [5, 5.41) is 0. The summed E-state index contributed by atoms with van der Waals surface area (Å²) >= 11 is 0. The molecule has 1 aromatic rings. The van der Waals surface area contributed by atoms with E-state index in [2.05, 4.69) is 9.98 Å². The van der Waals surface area contributed by atoms with Gasteiger partial charge in [-0.2, -0.15) is 0 Å². The van der Waals surface area contributed by atoms with E-state index in [1.807, 2.05) is 24.3 Å². The van der Waals surface area contributed by atoms with Crippen LogP contribution in [0.4, 0.5) is 0 Å². The van der Waals surface area contributed by atoms with Crippen molar-refractivity contribution in [3.05, 3.63) is 41.2 Å². The van der Waals surface area contributed by atoms with E-state index in [0.717, 1.165) is 16.8 Å². The van der Waals surface area contributed by atoms with E-state index in [0.29, 0.717) is 5.57 Å². The number of aromatic nitrogens is 1. The fourth-order valence-corrected chi connectivity index (χ4v) is 1.71. The number of hydrogen-bond donors (Lipinski definition) is 0. The first-order chi connectivity index (χ1) is 6.86. The molecule has 0 N–H and O–H groups in total. The summed E-state index contributed by atoms with van der Waals surface area (Å²) in [7, 11) is 0. The van der Waals surface area contributed by atoms with Gasteiger partial charge in [-0.05, 0) is 18.2 Å². The number of amides is 1. The maximum atomic E-state index is 11.4. The van der Waals surface area contributed by atoms with Gasteiger partial charge < -0.3 is 0 Å². The second kappa shape index (κ2) is 2.48. The molecule has 1 aliphatic heterocycles. The summed E-state index contributed by atoms with van der Waals surface area (Å²) in [6.07, 6.45) is 6.92. The first-order valence-corrected chi connectivity index (χ1v) is 4.32. The highest BCUT2D eigenvalue weighted by Crippen LogP contribution is 2.35. The van der Waals surface area contributed by atoms with Crippen molar-refractivity contribution in [1.29, 1.82) is 0 Å². The average molecular weight is 182 g/mol. The molecule has 1 aliphatic carbocycles. The van der Waals surface area contributed by atoms with Crippen molar-refractivity contribution >= 4 is 23.8 Å². The van der Waals surface area contributed by atoms with Gasteiger partial charge in [-0.15, -0.1) is 0 Å². The molecular formula is C11H6N2O. The lowest BCUT2D eigenvalue weighted by Crippen LogP contribution is -2.03. The maximum Gasteiger partial charge on any atom is 0.277 e. The number of pyridine rings is 1. The molecule has 0 atom stereocenters. The number of rotatable bonds is 0. The van der Waals surface area contributed by atoms with E-state index in [1.54, 1.807) is 6.20 Å². The van der Waals surface area contributed by atoms with Crippen LogP contribution in [-0.2, 0) is 4.79 Å². The van der Waals surface area contributed by atoms with Crippen LogP contribution in [0.2, 0.25) is 0 Å². The highest BCUT2D eigenvalue weighted by Gasteiger charge is 2.25. The van der Waals surface area contributed by atoms with E-state index in [1.165, 1.54) is 6.21 Å². The summed E-state index contributed by atoms with van der Waals surface area (Å²) in [4.78, 5) is 19.4. The fourth-order valence-electron chi connectivity index (χ4n) is 1.71. The third-order valence-corrected chi connectivity index (χ3v) is 2.35. The quantitative estimate of drug-likeness (QED) is 0.609. The van der Waals surface area contributed by atoms with Gasteiger partial charge in [0.25, 0.3) is 5.91 Å². The monoisotopic (exact) mass is 182 g/mol. The van der Waals surface area contributed by atoms with Gasteiger partial charge in [0.15, 0.2) is 0 Å². The molecule has 3 heteroatoms. The van der Waals surface area contributed by atoms with Crippen LogP contribution in [0.25, 0.3) is 11.6 Å². The van der Waals surface area contributed by atoms with Crippen LogP contribution in [-0.4, -0.2) is 17.1 Å². The lowest BCUT2D eigenvalue weighted by atomic mass is 10.1. The number of nitrogens with zero attached hydrogens (tertiary/aromatic N) is 2. The standard InChI is InChI=1S/C11H6N2O/c14-11-9-6-7-2-1-4-12-10(7)8(9)3-5-13-11/h1-6H. The molecule has 1 aromatic heterocycles. The molecule has 0 unspecified atom stereocenters. The number of aliphatic imine (C=N–C) groups is 1. The number of allylic oxidation sites excluding steroid dienone is 1. The highest BCUT2D eigenvalue weighted by molar-refractivity contribution is 6.22. The van der Waals surface area contributed by atoms with Crippen LogP contribution >= 0.6 is 0 Å². The molecule has 2 heterocycles. The Morgan fingerprint density at radius 2 is 2.14 bits per heavy atom. The Balaban J connectivity index is 2.29. The van der Waals surface area contributed by atoms with Gasteiger partial charge in [-0.25, -0.2) is 4.99 Å². The molecule has 3 nitrogen and oxygen atoms in total. The molecule has 66 valence electrons. The molecule has 14 heavy (non-hydrogen) atoms. The number of hydrogen-bond acceptors (Lipinski definition) is 2. The Labute approximate surface area is 80.5 Å². The minimum absolute atomic E-state index is 0.180. The molecule has 3 rings (SSSR count). The average Bonchev–Trinajstić information content (AvgIpc) is 2.59. The van der Waals surface area contributed by atoms with Crippen LogP contribution in [0.1, 0.15) is 11.3 Å². The van der Waals surface area contributed by atoms with Crippen molar-refractivity contribution in [2.24, 2.45) is 4.99 Å². The minimum atomic E-state index is -0.180. The zero-order chi connectivity index (χ0) is 9.54. The van der Waals surface area contributed by atoms with E-state index >= 15 is 0 Å².